The second kappa shape index (κ2) is 9.03. The van der Waals surface area contributed by atoms with Crippen LogP contribution in [0.2, 0.25) is 10.0 Å². The van der Waals surface area contributed by atoms with E-state index >= 15 is 0 Å². The Hall–Kier alpha value is -1.62. The molecule has 1 atom stereocenters. The topological polar surface area (TPSA) is 23.6 Å². The lowest BCUT2D eigenvalue weighted by Gasteiger charge is -2.33. The molecule has 0 spiro atoms. The zero-order valence-electron chi connectivity index (χ0n) is 16.3. The molecule has 2 heterocycles. The van der Waals surface area contributed by atoms with Crippen molar-refractivity contribution < 1.29 is 9.18 Å². The Balaban J connectivity index is 1.28. The summed E-state index contributed by atoms with van der Waals surface area (Å²) >= 11 is 12.3. The standard InChI is InChI=1S/C23H25Cl2FN2O/c24-21-3-1-2-20(22(21)25)23(29)28-13-8-16(15-28)14-27-11-9-18(10-12-27)17-4-6-19(26)7-5-17/h1-7,16,18H,8-15H2/t16-/m1/s1. The van der Waals surface area contributed by atoms with Crippen LogP contribution in [0.3, 0.4) is 0 Å². The molecule has 2 aromatic rings. The van der Waals surface area contributed by atoms with Crippen molar-refractivity contribution in [2.24, 2.45) is 5.92 Å². The number of halogens is 3. The summed E-state index contributed by atoms with van der Waals surface area (Å²) in [4.78, 5) is 17.2. The van der Waals surface area contributed by atoms with Gasteiger partial charge in [0.25, 0.3) is 5.91 Å². The highest BCUT2D eigenvalue weighted by Gasteiger charge is 2.30. The average molecular weight is 435 g/mol. The predicted molar refractivity (Wildman–Crippen MR) is 115 cm³/mol. The van der Waals surface area contributed by atoms with Crippen LogP contribution >= 0.6 is 23.2 Å². The molecule has 2 aliphatic heterocycles. The number of carbonyl (C=O) groups excluding carboxylic acids is 1. The van der Waals surface area contributed by atoms with E-state index in [1.165, 1.54) is 5.56 Å². The number of piperidine rings is 1. The third-order valence-corrected chi connectivity index (χ3v) is 7.02. The molecule has 0 aliphatic carbocycles. The zero-order valence-corrected chi connectivity index (χ0v) is 17.8. The van der Waals surface area contributed by atoms with Crippen LogP contribution in [0.4, 0.5) is 4.39 Å². The van der Waals surface area contributed by atoms with Crippen molar-refractivity contribution in [3.05, 3.63) is 69.5 Å². The van der Waals surface area contributed by atoms with Crippen LogP contribution in [0.15, 0.2) is 42.5 Å². The lowest BCUT2D eigenvalue weighted by atomic mass is 9.89. The smallest absolute Gasteiger partial charge is 0.255 e. The largest absolute Gasteiger partial charge is 0.338 e. The van der Waals surface area contributed by atoms with E-state index in [0.29, 0.717) is 27.4 Å². The van der Waals surface area contributed by atoms with Crippen molar-refractivity contribution in [1.82, 2.24) is 9.80 Å². The second-order valence-electron chi connectivity index (χ2n) is 8.13. The van der Waals surface area contributed by atoms with Gasteiger partial charge in [-0.3, -0.25) is 4.79 Å². The first-order chi connectivity index (χ1) is 14.0. The van der Waals surface area contributed by atoms with Crippen molar-refractivity contribution >= 4 is 29.1 Å². The highest BCUT2D eigenvalue weighted by atomic mass is 35.5. The van der Waals surface area contributed by atoms with Crippen molar-refractivity contribution in [2.75, 3.05) is 32.7 Å². The third-order valence-electron chi connectivity index (χ3n) is 6.20. The molecular formula is C23H25Cl2FN2O. The molecule has 6 heteroatoms. The molecule has 0 bridgehead atoms. The number of amides is 1. The Labute approximate surface area is 181 Å². The molecule has 0 aromatic heterocycles. The minimum atomic E-state index is -0.175. The van der Waals surface area contributed by atoms with E-state index in [0.717, 1.165) is 52.0 Å². The second-order valence-corrected chi connectivity index (χ2v) is 8.92. The summed E-state index contributed by atoms with van der Waals surface area (Å²) in [6, 6.07) is 12.1. The van der Waals surface area contributed by atoms with Crippen LogP contribution in [-0.4, -0.2) is 48.4 Å². The molecule has 0 N–H and O–H groups in total. The molecule has 0 unspecified atom stereocenters. The van der Waals surface area contributed by atoms with Gasteiger partial charge < -0.3 is 9.80 Å². The maximum absolute atomic E-state index is 13.1. The zero-order chi connectivity index (χ0) is 20.4. The first kappa shape index (κ1) is 20.6. The number of rotatable bonds is 4. The van der Waals surface area contributed by atoms with Crippen LogP contribution in [0.25, 0.3) is 0 Å². The maximum Gasteiger partial charge on any atom is 0.255 e. The molecule has 29 heavy (non-hydrogen) atoms. The van der Waals surface area contributed by atoms with Crippen molar-refractivity contribution in [2.45, 2.75) is 25.2 Å². The molecule has 2 saturated heterocycles. The van der Waals surface area contributed by atoms with Crippen LogP contribution < -0.4 is 0 Å². The van der Waals surface area contributed by atoms with Gasteiger partial charge in [-0.2, -0.15) is 0 Å². The number of nitrogens with zero attached hydrogens (tertiary/aromatic N) is 2. The first-order valence-electron chi connectivity index (χ1n) is 10.2. The number of likely N-dealkylation sites (tertiary alicyclic amines) is 2. The van der Waals surface area contributed by atoms with E-state index in [1.54, 1.807) is 30.3 Å². The molecule has 154 valence electrons. The van der Waals surface area contributed by atoms with Gasteiger partial charge in [-0.05, 0) is 74.0 Å². The van der Waals surface area contributed by atoms with Crippen molar-refractivity contribution in [3.63, 3.8) is 0 Å². The summed E-state index contributed by atoms with van der Waals surface area (Å²) in [5, 5.41) is 0.753. The fourth-order valence-electron chi connectivity index (χ4n) is 4.55. The van der Waals surface area contributed by atoms with Gasteiger partial charge in [0.15, 0.2) is 0 Å². The molecule has 0 radical (unpaired) electrons. The fraction of sp³-hybridized carbons (Fsp3) is 0.435. The van der Waals surface area contributed by atoms with Crippen LogP contribution in [-0.2, 0) is 0 Å². The molecule has 2 fully saturated rings. The van der Waals surface area contributed by atoms with Crippen LogP contribution in [0.1, 0.15) is 41.1 Å². The fourth-order valence-corrected chi connectivity index (χ4v) is 4.94. The number of hydrogen-bond donors (Lipinski definition) is 0. The lowest BCUT2D eigenvalue weighted by molar-refractivity contribution is 0.0782. The van der Waals surface area contributed by atoms with Gasteiger partial charge in [-0.15, -0.1) is 0 Å². The monoisotopic (exact) mass is 434 g/mol. The van der Waals surface area contributed by atoms with Gasteiger partial charge in [-0.25, -0.2) is 4.39 Å². The summed E-state index contributed by atoms with van der Waals surface area (Å²) in [6.45, 7) is 4.64. The average Bonchev–Trinajstić information content (AvgIpc) is 3.19. The number of carbonyl (C=O) groups is 1. The molecule has 1 amide bonds. The molecule has 3 nitrogen and oxygen atoms in total. The molecular weight excluding hydrogens is 410 g/mol. The summed E-state index contributed by atoms with van der Waals surface area (Å²) in [5.41, 5.74) is 1.72. The summed E-state index contributed by atoms with van der Waals surface area (Å²) < 4.78 is 13.1. The Bertz CT molecular complexity index is 866. The minimum absolute atomic E-state index is 0.0324. The van der Waals surface area contributed by atoms with E-state index < -0.39 is 0 Å². The molecule has 4 rings (SSSR count). The Kier molecular flexibility index (Phi) is 6.43. The summed E-state index contributed by atoms with van der Waals surface area (Å²) in [7, 11) is 0. The summed E-state index contributed by atoms with van der Waals surface area (Å²) in [5.74, 6) is 0.790. The van der Waals surface area contributed by atoms with Gasteiger partial charge in [0, 0.05) is 19.6 Å². The maximum atomic E-state index is 13.1. The highest BCUT2D eigenvalue weighted by Crippen LogP contribution is 2.31. The van der Waals surface area contributed by atoms with Gasteiger partial charge >= 0.3 is 0 Å². The molecule has 2 aliphatic rings. The number of benzene rings is 2. The molecule has 2 aromatic carbocycles. The van der Waals surface area contributed by atoms with Gasteiger partial charge in [0.2, 0.25) is 0 Å². The summed E-state index contributed by atoms with van der Waals surface area (Å²) in [6.07, 6.45) is 3.21. The van der Waals surface area contributed by atoms with Crippen molar-refractivity contribution in [3.8, 4) is 0 Å². The van der Waals surface area contributed by atoms with E-state index in [-0.39, 0.29) is 11.7 Å². The van der Waals surface area contributed by atoms with Gasteiger partial charge in [-0.1, -0.05) is 41.4 Å². The van der Waals surface area contributed by atoms with E-state index in [9.17, 15) is 9.18 Å². The lowest BCUT2D eigenvalue weighted by Crippen LogP contribution is -2.37. The van der Waals surface area contributed by atoms with Crippen LogP contribution in [0.5, 0.6) is 0 Å². The number of hydrogen-bond acceptors (Lipinski definition) is 2. The Morgan fingerprint density at radius 3 is 2.45 bits per heavy atom. The highest BCUT2D eigenvalue weighted by molar-refractivity contribution is 6.43. The van der Waals surface area contributed by atoms with Gasteiger partial charge in [0.05, 0.1) is 15.6 Å². The predicted octanol–water partition coefficient (Wildman–Crippen LogP) is 5.47. The Morgan fingerprint density at radius 2 is 1.72 bits per heavy atom. The SMILES string of the molecule is O=C(c1cccc(Cl)c1Cl)N1CC[C@H](CN2CCC(c3ccc(F)cc3)CC2)C1. The van der Waals surface area contributed by atoms with E-state index in [2.05, 4.69) is 4.90 Å². The van der Waals surface area contributed by atoms with E-state index in [1.807, 2.05) is 17.0 Å². The third kappa shape index (κ3) is 4.76. The first-order valence-corrected chi connectivity index (χ1v) is 11.0. The Morgan fingerprint density at radius 1 is 1.00 bits per heavy atom. The van der Waals surface area contributed by atoms with Crippen LogP contribution in [0, 0.1) is 11.7 Å². The molecule has 0 saturated carbocycles. The van der Waals surface area contributed by atoms with E-state index in [4.69, 9.17) is 23.2 Å². The minimum Gasteiger partial charge on any atom is -0.338 e. The van der Waals surface area contributed by atoms with Crippen molar-refractivity contribution in [1.29, 1.82) is 0 Å². The quantitative estimate of drug-likeness (QED) is 0.636. The van der Waals surface area contributed by atoms with Gasteiger partial charge in [0.1, 0.15) is 5.82 Å². The normalized spacial score (nSPS) is 20.9.